The summed E-state index contributed by atoms with van der Waals surface area (Å²) in [6.45, 7) is 0.513. The number of aliphatic hydroxyl groups excluding tert-OH is 1. The quantitative estimate of drug-likeness (QED) is 0.899. The largest absolute Gasteiger partial charge is 0.391 e. The number of carbonyl (C=O) groups excluding carboxylic acids is 2. The van der Waals surface area contributed by atoms with Crippen molar-refractivity contribution in [2.45, 2.75) is 25.1 Å². The van der Waals surface area contributed by atoms with E-state index < -0.39 is 12.1 Å². The second-order valence-electron chi connectivity index (χ2n) is 6.43. The molecule has 0 unspecified atom stereocenters. The van der Waals surface area contributed by atoms with Gasteiger partial charge in [-0.15, -0.1) is 0 Å². The number of aliphatic hydroxyl groups is 1. The Labute approximate surface area is 150 Å². The molecule has 128 valence electrons. The number of halogens is 1. The molecule has 2 atom stereocenters. The predicted octanol–water partition coefficient (Wildman–Crippen LogP) is 2.46. The van der Waals surface area contributed by atoms with E-state index in [2.05, 4.69) is 0 Å². The first-order valence-corrected chi connectivity index (χ1v) is 8.56. The lowest BCUT2D eigenvalue weighted by molar-refractivity contribution is -0.122. The van der Waals surface area contributed by atoms with Gasteiger partial charge in [-0.2, -0.15) is 0 Å². The number of hydrogen-bond donors (Lipinski definition) is 1. The Balaban J connectivity index is 1.79. The molecular weight excluding hydrogens is 340 g/mol. The lowest BCUT2D eigenvalue weighted by Crippen LogP contribution is -2.44. The number of hydrogen-bond acceptors (Lipinski definition) is 3. The van der Waals surface area contributed by atoms with Gasteiger partial charge in [-0.25, -0.2) is 0 Å². The van der Waals surface area contributed by atoms with Gasteiger partial charge < -0.3 is 14.9 Å². The Morgan fingerprint density at radius 2 is 1.92 bits per heavy atom. The summed E-state index contributed by atoms with van der Waals surface area (Å²) < 4.78 is 0. The molecule has 6 heteroatoms. The van der Waals surface area contributed by atoms with Gasteiger partial charge in [-0.1, -0.05) is 35.9 Å². The summed E-state index contributed by atoms with van der Waals surface area (Å²) in [5.41, 5.74) is 1.96. The van der Waals surface area contributed by atoms with Crippen LogP contribution in [0.5, 0.6) is 0 Å². The number of nitrogens with zero attached hydrogens (tertiary/aromatic N) is 2. The van der Waals surface area contributed by atoms with Crippen LogP contribution in [0.3, 0.4) is 0 Å². The van der Waals surface area contributed by atoms with E-state index in [1.807, 2.05) is 24.3 Å². The molecule has 0 saturated carbocycles. The number of para-hydroxylation sites is 1. The average molecular weight is 357 g/mol. The Bertz CT molecular complexity index is 854. The first-order valence-electron chi connectivity index (χ1n) is 8.18. The molecule has 2 aromatic rings. The maximum absolute atomic E-state index is 13.2. The maximum Gasteiger partial charge on any atom is 0.256 e. The van der Waals surface area contributed by atoms with Crippen molar-refractivity contribution in [3.63, 3.8) is 0 Å². The van der Waals surface area contributed by atoms with Crippen LogP contribution in [-0.4, -0.2) is 40.5 Å². The van der Waals surface area contributed by atoms with Crippen LogP contribution in [0.25, 0.3) is 0 Å². The maximum atomic E-state index is 13.2. The number of amides is 2. The zero-order valence-electron chi connectivity index (χ0n) is 13.4. The first-order chi connectivity index (χ1) is 12.0. The van der Waals surface area contributed by atoms with Crippen LogP contribution in [0.1, 0.15) is 22.3 Å². The topological polar surface area (TPSA) is 60.9 Å². The van der Waals surface area contributed by atoms with E-state index >= 15 is 0 Å². The molecule has 0 radical (unpaired) electrons. The molecule has 1 fully saturated rings. The van der Waals surface area contributed by atoms with E-state index in [4.69, 9.17) is 11.6 Å². The van der Waals surface area contributed by atoms with Gasteiger partial charge in [0.25, 0.3) is 5.91 Å². The molecule has 4 rings (SSSR count). The van der Waals surface area contributed by atoms with Crippen molar-refractivity contribution in [2.24, 2.45) is 0 Å². The molecular formula is C19H17ClN2O3. The van der Waals surface area contributed by atoms with Gasteiger partial charge in [-0.05, 0) is 29.8 Å². The van der Waals surface area contributed by atoms with Crippen LogP contribution in [-0.2, 0) is 11.3 Å². The second kappa shape index (κ2) is 6.17. The molecule has 2 aliphatic rings. The van der Waals surface area contributed by atoms with Crippen LogP contribution in [0.15, 0.2) is 48.5 Å². The minimum absolute atomic E-state index is 0.171. The third-order valence-corrected chi connectivity index (χ3v) is 4.98. The molecule has 0 aromatic heterocycles. The molecule has 5 nitrogen and oxygen atoms in total. The monoisotopic (exact) mass is 356 g/mol. The Kier molecular flexibility index (Phi) is 3.98. The third-order valence-electron chi connectivity index (χ3n) is 4.75. The number of anilines is 1. The van der Waals surface area contributed by atoms with Gasteiger partial charge >= 0.3 is 0 Å². The van der Waals surface area contributed by atoms with Crippen molar-refractivity contribution in [1.82, 2.24) is 4.90 Å². The van der Waals surface area contributed by atoms with Gasteiger partial charge in [0.2, 0.25) is 5.91 Å². The molecule has 25 heavy (non-hydrogen) atoms. The van der Waals surface area contributed by atoms with Crippen LogP contribution in [0, 0.1) is 0 Å². The van der Waals surface area contributed by atoms with Crippen LogP contribution < -0.4 is 4.90 Å². The summed E-state index contributed by atoms with van der Waals surface area (Å²) in [5.74, 6) is -0.381. The molecule has 2 amide bonds. The molecule has 2 heterocycles. The van der Waals surface area contributed by atoms with Crippen molar-refractivity contribution in [1.29, 1.82) is 0 Å². The van der Waals surface area contributed by atoms with E-state index in [1.165, 1.54) is 4.90 Å². The number of fused-ring (bicyclic) bond motifs is 2. The fourth-order valence-corrected chi connectivity index (χ4v) is 3.81. The molecule has 2 aromatic carbocycles. The average Bonchev–Trinajstić information content (AvgIpc) is 2.97. The van der Waals surface area contributed by atoms with Gasteiger partial charge in [0.1, 0.15) is 6.04 Å². The van der Waals surface area contributed by atoms with Crippen LogP contribution in [0.2, 0.25) is 5.02 Å². The minimum Gasteiger partial charge on any atom is -0.391 e. The van der Waals surface area contributed by atoms with E-state index in [9.17, 15) is 14.7 Å². The number of carbonyl (C=O) groups is 2. The summed E-state index contributed by atoms with van der Waals surface area (Å²) >= 11 is 6.06. The molecule has 0 spiro atoms. The first kappa shape index (κ1) is 16.1. The van der Waals surface area contributed by atoms with Gasteiger partial charge in [0.15, 0.2) is 0 Å². The highest BCUT2D eigenvalue weighted by atomic mass is 35.5. The van der Waals surface area contributed by atoms with E-state index in [0.29, 0.717) is 22.8 Å². The van der Waals surface area contributed by atoms with E-state index in [1.54, 1.807) is 29.2 Å². The van der Waals surface area contributed by atoms with Crippen LogP contribution >= 0.6 is 11.6 Å². The fraction of sp³-hybridized carbons (Fsp3) is 0.263. The van der Waals surface area contributed by atoms with E-state index in [-0.39, 0.29) is 24.8 Å². The van der Waals surface area contributed by atoms with Crippen molar-refractivity contribution < 1.29 is 14.7 Å². The summed E-state index contributed by atoms with van der Waals surface area (Å²) in [6.07, 6.45) is -0.402. The molecule has 2 aliphatic heterocycles. The van der Waals surface area contributed by atoms with Crippen molar-refractivity contribution >= 4 is 29.1 Å². The fourth-order valence-electron chi connectivity index (χ4n) is 3.60. The molecule has 0 bridgehead atoms. The zero-order valence-corrected chi connectivity index (χ0v) is 14.2. The van der Waals surface area contributed by atoms with Crippen molar-refractivity contribution in [3.05, 3.63) is 64.7 Å². The minimum atomic E-state index is -0.670. The zero-order chi connectivity index (χ0) is 17.6. The van der Waals surface area contributed by atoms with Crippen molar-refractivity contribution in [3.8, 4) is 0 Å². The Morgan fingerprint density at radius 1 is 1.12 bits per heavy atom. The predicted molar refractivity (Wildman–Crippen MR) is 94.5 cm³/mol. The molecule has 1 saturated heterocycles. The smallest absolute Gasteiger partial charge is 0.256 e. The van der Waals surface area contributed by atoms with Gasteiger partial charge in [0.05, 0.1) is 23.9 Å². The van der Waals surface area contributed by atoms with Gasteiger partial charge in [0, 0.05) is 18.0 Å². The molecule has 1 N–H and O–H groups in total. The highest BCUT2D eigenvalue weighted by Gasteiger charge is 2.44. The summed E-state index contributed by atoms with van der Waals surface area (Å²) in [7, 11) is 0. The second-order valence-corrected chi connectivity index (χ2v) is 6.87. The van der Waals surface area contributed by atoms with E-state index in [0.717, 1.165) is 5.56 Å². The Morgan fingerprint density at radius 3 is 2.72 bits per heavy atom. The standard InChI is InChI=1S/C19H17ClN2O3/c20-13-5-3-4-12(8-13)10-21-16-7-2-1-6-15(16)18(24)22-11-14(23)9-17(22)19(21)25/h1-8,14,17,23H,9-11H2/t14-,17+/m1/s1. The number of benzene rings is 2. The summed E-state index contributed by atoms with van der Waals surface area (Å²) in [6, 6.07) is 13.8. The highest BCUT2D eigenvalue weighted by molar-refractivity contribution is 6.30. The van der Waals surface area contributed by atoms with Crippen molar-refractivity contribution in [2.75, 3.05) is 11.4 Å². The van der Waals surface area contributed by atoms with Gasteiger partial charge in [-0.3, -0.25) is 9.59 Å². The number of rotatable bonds is 2. The van der Waals surface area contributed by atoms with Crippen LogP contribution in [0.4, 0.5) is 5.69 Å². The SMILES string of the molecule is O=C1[C@@H]2C[C@@H](O)CN2C(=O)c2ccccc2N1Cc1cccc(Cl)c1. The Hall–Kier alpha value is -2.37. The summed E-state index contributed by atoms with van der Waals surface area (Å²) in [5, 5.41) is 10.6. The summed E-state index contributed by atoms with van der Waals surface area (Å²) in [4.78, 5) is 29.2. The highest BCUT2D eigenvalue weighted by Crippen LogP contribution is 2.33. The molecule has 0 aliphatic carbocycles. The lowest BCUT2D eigenvalue weighted by Gasteiger charge is -2.26. The lowest BCUT2D eigenvalue weighted by atomic mass is 10.1. The third kappa shape index (κ3) is 2.79. The normalized spacial score (nSPS) is 22.6.